The maximum absolute atomic E-state index is 5.53. The van der Waals surface area contributed by atoms with Gasteiger partial charge in [-0.05, 0) is 25.7 Å². The van der Waals surface area contributed by atoms with Crippen LogP contribution in [0.3, 0.4) is 0 Å². The second-order valence-electron chi connectivity index (χ2n) is 4.69. The van der Waals surface area contributed by atoms with E-state index in [1.165, 1.54) is 9.10 Å². The van der Waals surface area contributed by atoms with Crippen molar-refractivity contribution in [3.05, 3.63) is 0 Å². The highest BCUT2D eigenvalue weighted by molar-refractivity contribution is 6.35. The number of hydrogen-bond donors (Lipinski definition) is 0. The van der Waals surface area contributed by atoms with Crippen molar-refractivity contribution in [3.8, 4) is 0 Å². The Balaban J connectivity index is 1.42. The van der Waals surface area contributed by atoms with Crippen LogP contribution in [0.2, 0.25) is 9.10 Å². The van der Waals surface area contributed by atoms with Gasteiger partial charge in [0.25, 0.3) is 0 Å². The first-order valence-electron chi connectivity index (χ1n) is 6.91. The van der Waals surface area contributed by atoms with E-state index in [0.29, 0.717) is 0 Å². The molecule has 0 aromatic heterocycles. The van der Waals surface area contributed by atoms with Crippen LogP contribution < -0.4 is 0 Å². The van der Waals surface area contributed by atoms with Gasteiger partial charge in [0.15, 0.2) is 12.6 Å². The first-order chi connectivity index (χ1) is 8.45. The van der Waals surface area contributed by atoms with Crippen LogP contribution in [-0.4, -0.2) is 59.4 Å². The van der Waals surface area contributed by atoms with Gasteiger partial charge in [-0.15, -0.1) is 9.10 Å². The lowest BCUT2D eigenvalue weighted by atomic mass is 10.4. The molecule has 0 bridgehead atoms. The molecule has 17 heavy (non-hydrogen) atoms. The molecular weight excluding hydrogens is 232 g/mol. The van der Waals surface area contributed by atoms with E-state index in [-0.39, 0.29) is 32.9 Å². The van der Waals surface area contributed by atoms with Crippen LogP contribution in [0.4, 0.5) is 0 Å². The first-order valence-corrected chi connectivity index (χ1v) is 8.91. The van der Waals surface area contributed by atoms with Gasteiger partial charge in [0, 0.05) is 0 Å². The Labute approximate surface area is 113 Å². The van der Waals surface area contributed by atoms with Gasteiger partial charge < -0.3 is 18.9 Å². The van der Waals surface area contributed by atoms with Crippen LogP contribution >= 0.6 is 0 Å². The van der Waals surface area contributed by atoms with Gasteiger partial charge in [-0.1, -0.05) is 0 Å². The minimum absolute atomic E-state index is 0.00131. The summed E-state index contributed by atoms with van der Waals surface area (Å²) in [5.74, 6) is 0. The van der Waals surface area contributed by atoms with E-state index in [1.807, 2.05) is 0 Å². The molecule has 0 aromatic carbocycles. The molecule has 2 aliphatic rings. The Kier molecular flexibility index (Phi) is 7.15. The van der Waals surface area contributed by atoms with Gasteiger partial charge >= 0.3 is 20.4 Å². The highest BCUT2D eigenvalue weighted by atomic mass is 24.5. The van der Waals surface area contributed by atoms with Crippen LogP contribution in [0.1, 0.15) is 25.7 Å². The zero-order chi connectivity index (χ0) is 11.8. The van der Waals surface area contributed by atoms with Gasteiger partial charge in [-0.25, -0.2) is 0 Å². The average Bonchev–Trinajstić information content (AvgIpc) is 2.41. The third kappa shape index (κ3) is 5.85. The largest absolute Gasteiger partial charge is 0.364 e. The molecule has 0 saturated carbocycles. The smallest absolute Gasteiger partial charge is 0.353 e. The Bertz CT molecular complexity index is 171. The summed E-state index contributed by atoms with van der Waals surface area (Å²) in [5.41, 5.74) is 0. The minimum Gasteiger partial charge on any atom is -0.353 e. The van der Waals surface area contributed by atoms with E-state index < -0.39 is 0 Å². The second kappa shape index (κ2) is 8.66. The monoisotopic (exact) mass is 254 g/mol. The van der Waals surface area contributed by atoms with E-state index >= 15 is 0 Å². The van der Waals surface area contributed by atoms with Crippen LogP contribution in [-0.2, 0) is 18.9 Å². The topological polar surface area (TPSA) is 36.9 Å². The van der Waals surface area contributed by atoms with Crippen molar-refractivity contribution >= 4 is 20.4 Å². The van der Waals surface area contributed by atoms with Crippen molar-refractivity contribution in [2.75, 3.05) is 26.4 Å². The standard InChI is InChI=1S/2C6H11O2.Mg/c2*1-2-6-7-4-3-5-8-6;/h2*6H,1-5H2;. The second-order valence-corrected chi connectivity index (χ2v) is 6.81. The Morgan fingerprint density at radius 1 is 0.706 bits per heavy atom. The van der Waals surface area contributed by atoms with E-state index in [0.717, 1.165) is 52.1 Å². The zero-order valence-corrected chi connectivity index (χ0v) is 12.0. The van der Waals surface area contributed by atoms with Crippen LogP contribution in [0.5, 0.6) is 0 Å². The lowest BCUT2D eigenvalue weighted by molar-refractivity contribution is -0.179. The van der Waals surface area contributed by atoms with E-state index in [4.69, 9.17) is 18.9 Å². The maximum atomic E-state index is 5.53. The van der Waals surface area contributed by atoms with Gasteiger partial charge in [0.05, 0.1) is 26.4 Å². The molecule has 0 atom stereocenters. The normalized spacial score (nSPS) is 23.5. The summed E-state index contributed by atoms with van der Waals surface area (Å²) in [5, 5.41) is 0. The fourth-order valence-corrected chi connectivity index (χ4v) is 3.80. The van der Waals surface area contributed by atoms with Crippen LogP contribution in [0, 0.1) is 0 Å². The summed E-state index contributed by atoms with van der Waals surface area (Å²) in [4.78, 5) is 0. The molecule has 4 nitrogen and oxygen atoms in total. The zero-order valence-electron chi connectivity index (χ0n) is 10.6. The molecule has 96 valence electrons. The molecule has 0 N–H and O–H groups in total. The lowest BCUT2D eigenvalue weighted by Crippen LogP contribution is -2.26. The molecule has 0 spiro atoms. The minimum atomic E-state index is 0.00131. The first kappa shape index (κ1) is 14.0. The Hall–Kier alpha value is 0.606. The molecule has 0 unspecified atom stereocenters. The van der Waals surface area contributed by atoms with Crippen molar-refractivity contribution in [1.82, 2.24) is 0 Å². The van der Waals surface area contributed by atoms with Crippen molar-refractivity contribution < 1.29 is 18.9 Å². The number of hydrogen-bond acceptors (Lipinski definition) is 4. The summed E-state index contributed by atoms with van der Waals surface area (Å²) in [6.07, 6.45) is 4.42. The molecule has 5 heteroatoms. The molecule has 2 aliphatic heterocycles. The quantitative estimate of drug-likeness (QED) is 0.535. The van der Waals surface area contributed by atoms with Crippen LogP contribution in [0.15, 0.2) is 0 Å². The molecule has 2 saturated heterocycles. The molecular formula is C12H22MgO4. The fourth-order valence-electron chi connectivity index (χ4n) is 2.21. The Morgan fingerprint density at radius 3 is 1.53 bits per heavy atom. The summed E-state index contributed by atoms with van der Waals surface area (Å²) in [6.45, 7) is 3.48. The summed E-state index contributed by atoms with van der Waals surface area (Å²) < 4.78 is 24.7. The number of ether oxygens (including phenoxy) is 4. The third-order valence-electron chi connectivity index (χ3n) is 3.17. The summed E-state index contributed by atoms with van der Waals surface area (Å²) in [6, 6.07) is 0. The summed E-state index contributed by atoms with van der Waals surface area (Å²) >= 11 is 0.00131. The maximum Gasteiger partial charge on any atom is 0.364 e. The molecule has 2 rings (SSSR count). The highest BCUT2D eigenvalue weighted by Crippen LogP contribution is 2.14. The Morgan fingerprint density at radius 2 is 1.12 bits per heavy atom. The van der Waals surface area contributed by atoms with Gasteiger partial charge in [0.2, 0.25) is 0 Å². The average molecular weight is 255 g/mol. The SMILES string of the molecule is C1COC(C[CH2][Mg][CH2]CC2OCCCO2)OC1. The molecule has 2 fully saturated rings. The number of rotatable bonds is 6. The molecule has 2 heterocycles. The van der Waals surface area contributed by atoms with Crippen molar-refractivity contribution in [1.29, 1.82) is 0 Å². The van der Waals surface area contributed by atoms with E-state index in [2.05, 4.69) is 0 Å². The molecule has 0 amide bonds. The van der Waals surface area contributed by atoms with Crippen molar-refractivity contribution in [3.63, 3.8) is 0 Å². The van der Waals surface area contributed by atoms with Crippen LogP contribution in [0.25, 0.3) is 0 Å². The van der Waals surface area contributed by atoms with E-state index in [9.17, 15) is 0 Å². The van der Waals surface area contributed by atoms with Crippen molar-refractivity contribution in [2.24, 2.45) is 0 Å². The van der Waals surface area contributed by atoms with Gasteiger partial charge in [-0.2, -0.15) is 0 Å². The van der Waals surface area contributed by atoms with Gasteiger partial charge in [0.1, 0.15) is 0 Å². The predicted octanol–water partition coefficient (Wildman–Crippen LogP) is 1.83. The van der Waals surface area contributed by atoms with E-state index in [1.54, 1.807) is 0 Å². The van der Waals surface area contributed by atoms with Crippen molar-refractivity contribution in [2.45, 2.75) is 47.4 Å². The van der Waals surface area contributed by atoms with Gasteiger partial charge in [-0.3, -0.25) is 0 Å². The fraction of sp³-hybridized carbons (Fsp3) is 1.00. The molecule has 0 radical (unpaired) electrons. The summed E-state index contributed by atoms with van der Waals surface area (Å²) in [7, 11) is 0. The third-order valence-corrected chi connectivity index (χ3v) is 4.99. The predicted molar refractivity (Wildman–Crippen MR) is 65.2 cm³/mol. The highest BCUT2D eigenvalue weighted by Gasteiger charge is 2.16. The molecule has 0 aromatic rings. The molecule has 0 aliphatic carbocycles. The lowest BCUT2D eigenvalue weighted by Gasteiger charge is -2.24.